The van der Waals surface area contributed by atoms with Crippen molar-refractivity contribution >= 4 is 6.29 Å². The summed E-state index contributed by atoms with van der Waals surface area (Å²) in [5.41, 5.74) is 0.458. The van der Waals surface area contributed by atoms with E-state index < -0.39 is 0 Å². The van der Waals surface area contributed by atoms with Crippen LogP contribution in [0.5, 0.6) is 0 Å². The van der Waals surface area contributed by atoms with Gasteiger partial charge in [0.15, 0.2) is 6.26 Å². The molecule has 0 saturated carbocycles. The van der Waals surface area contributed by atoms with Crippen molar-refractivity contribution in [3.63, 3.8) is 0 Å². The first-order valence-electron chi connectivity index (χ1n) is 1.84. The summed E-state index contributed by atoms with van der Waals surface area (Å²) >= 11 is 0. The highest BCUT2D eigenvalue weighted by Crippen LogP contribution is 1.92. The Hall–Kier alpha value is -1.14. The Balaban J connectivity index is 2.96. The van der Waals surface area contributed by atoms with Crippen LogP contribution in [0.3, 0.4) is 0 Å². The summed E-state index contributed by atoms with van der Waals surface area (Å²) in [4.78, 5) is 9.68. The van der Waals surface area contributed by atoms with E-state index in [1.54, 1.807) is 12.4 Å². The van der Waals surface area contributed by atoms with E-state index in [2.05, 4.69) is 4.42 Å². The number of hydrogen-bond donors (Lipinski definition) is 0. The topological polar surface area (TPSA) is 30.2 Å². The van der Waals surface area contributed by atoms with Gasteiger partial charge < -0.3 is 4.42 Å². The fourth-order valence-corrected chi connectivity index (χ4v) is 0.323. The van der Waals surface area contributed by atoms with Crippen molar-refractivity contribution in [3.05, 3.63) is 24.2 Å². The molecule has 0 radical (unpaired) electrons. The van der Waals surface area contributed by atoms with E-state index in [0.29, 0.717) is 5.56 Å². The Kier molecular flexibility index (Phi) is 0.886. The molecule has 0 spiro atoms. The zero-order valence-electron chi connectivity index (χ0n) is 3.55. The molecule has 2 heteroatoms. The minimum absolute atomic E-state index is 0.458. The fourth-order valence-electron chi connectivity index (χ4n) is 0.323. The van der Waals surface area contributed by atoms with Crippen molar-refractivity contribution < 1.29 is 9.21 Å². The molecule has 0 saturated heterocycles. The van der Waals surface area contributed by atoms with Gasteiger partial charge in [0, 0.05) is 0 Å². The summed E-state index contributed by atoms with van der Waals surface area (Å²) in [6.45, 7) is 0. The zero-order chi connectivity index (χ0) is 5.11. The molecule has 1 rings (SSSR count). The molecule has 1 aromatic heterocycles. The van der Waals surface area contributed by atoms with Crippen LogP contribution in [-0.2, 0) is 4.79 Å². The van der Waals surface area contributed by atoms with Gasteiger partial charge in [0.25, 0.3) is 5.56 Å². The number of furan rings is 1. The van der Waals surface area contributed by atoms with Crippen molar-refractivity contribution in [1.82, 2.24) is 0 Å². The number of hydrogen-bond acceptors (Lipinski definition) is 2. The van der Waals surface area contributed by atoms with E-state index in [1.165, 1.54) is 12.5 Å². The van der Waals surface area contributed by atoms with E-state index in [0.717, 1.165) is 0 Å². The molecule has 1 aromatic rings. The normalized spacial score (nSPS) is 8.00. The predicted octanol–water partition coefficient (Wildman–Crippen LogP) is 0.737. The average molecular weight is 95.1 g/mol. The average Bonchev–Trinajstić information content (AvgIpc) is 2.14. The van der Waals surface area contributed by atoms with Gasteiger partial charge in [-0.1, -0.05) is 0 Å². The van der Waals surface area contributed by atoms with Crippen LogP contribution in [0.4, 0.5) is 0 Å². The largest absolute Gasteiger partial charge is 0.398 e. The molecule has 1 heterocycles. The molecule has 34 valence electrons. The second kappa shape index (κ2) is 1.54. The van der Waals surface area contributed by atoms with Crippen molar-refractivity contribution in [2.75, 3.05) is 0 Å². The highest BCUT2D eigenvalue weighted by atomic mass is 16.3. The van der Waals surface area contributed by atoms with Crippen molar-refractivity contribution in [2.45, 2.75) is 0 Å². The first-order chi connectivity index (χ1) is 3.43. The van der Waals surface area contributed by atoms with Gasteiger partial charge in [-0.15, -0.1) is 4.79 Å². The van der Waals surface area contributed by atoms with Gasteiger partial charge in [-0.3, -0.25) is 0 Å². The molecule has 0 aliphatic heterocycles. The zero-order valence-corrected chi connectivity index (χ0v) is 3.55. The van der Waals surface area contributed by atoms with Gasteiger partial charge in [-0.05, 0) is 0 Å². The van der Waals surface area contributed by atoms with E-state index in [9.17, 15) is 4.79 Å². The standard InChI is InChI=1S/C5H3O2/c6-3-5-1-2-7-4-5/h1-2,4H/q+1. The van der Waals surface area contributed by atoms with Crippen molar-refractivity contribution in [2.24, 2.45) is 0 Å². The maximum Gasteiger partial charge on any atom is 0.306 e. The van der Waals surface area contributed by atoms with E-state index in [1.807, 2.05) is 0 Å². The molecule has 0 aromatic carbocycles. The molecule has 0 bridgehead atoms. The summed E-state index contributed by atoms with van der Waals surface area (Å²) in [7, 11) is 0. The lowest BCUT2D eigenvalue weighted by Gasteiger charge is -1.48. The molecule has 0 aliphatic rings. The second-order valence-electron chi connectivity index (χ2n) is 1.11. The Morgan fingerprint density at radius 1 is 1.71 bits per heavy atom. The van der Waals surface area contributed by atoms with Crippen LogP contribution in [0, 0.1) is 0 Å². The number of rotatable bonds is 1. The van der Waals surface area contributed by atoms with Crippen LogP contribution in [-0.4, -0.2) is 6.29 Å². The van der Waals surface area contributed by atoms with Crippen LogP contribution in [0.15, 0.2) is 23.0 Å². The molecule has 7 heavy (non-hydrogen) atoms. The molecular formula is C5H3O2+. The lowest BCUT2D eigenvalue weighted by Crippen LogP contribution is -1.66. The maximum absolute atomic E-state index is 9.68. The smallest absolute Gasteiger partial charge is 0.306 e. The Morgan fingerprint density at radius 3 is 2.86 bits per heavy atom. The van der Waals surface area contributed by atoms with Gasteiger partial charge in [0.1, 0.15) is 0 Å². The second-order valence-corrected chi connectivity index (χ2v) is 1.11. The number of carbonyl (C=O) groups excluding carboxylic acids is 1. The lowest BCUT2D eigenvalue weighted by atomic mass is 10.4. The minimum atomic E-state index is 0.458. The first kappa shape index (κ1) is 4.03. The van der Waals surface area contributed by atoms with Crippen LogP contribution >= 0.6 is 0 Å². The Morgan fingerprint density at radius 2 is 2.57 bits per heavy atom. The summed E-state index contributed by atoms with van der Waals surface area (Å²) < 4.78 is 4.54. The molecule has 0 atom stereocenters. The summed E-state index contributed by atoms with van der Waals surface area (Å²) in [6, 6.07) is 1.55. The summed E-state index contributed by atoms with van der Waals surface area (Å²) in [6.07, 6.45) is 4.43. The van der Waals surface area contributed by atoms with Gasteiger partial charge in [-0.2, -0.15) is 0 Å². The van der Waals surface area contributed by atoms with Crippen molar-refractivity contribution in [1.29, 1.82) is 0 Å². The highest BCUT2D eigenvalue weighted by molar-refractivity contribution is 5.74. The molecule has 2 nitrogen and oxygen atoms in total. The molecule has 0 amide bonds. The van der Waals surface area contributed by atoms with Crippen LogP contribution < -0.4 is 0 Å². The summed E-state index contributed by atoms with van der Waals surface area (Å²) in [5.74, 6) is 0. The summed E-state index contributed by atoms with van der Waals surface area (Å²) in [5, 5.41) is 0. The first-order valence-corrected chi connectivity index (χ1v) is 1.84. The van der Waals surface area contributed by atoms with Gasteiger partial charge in [0.2, 0.25) is 6.26 Å². The van der Waals surface area contributed by atoms with E-state index in [4.69, 9.17) is 0 Å². The molecule has 0 aliphatic carbocycles. The van der Waals surface area contributed by atoms with Crippen LogP contribution in [0.25, 0.3) is 0 Å². The third kappa shape index (κ3) is 0.643. The molecule has 0 unspecified atom stereocenters. The lowest BCUT2D eigenvalue weighted by molar-refractivity contribution is 0.555. The Labute approximate surface area is 40.8 Å². The molecule has 0 N–H and O–H groups in total. The Bertz CT molecular complexity index is 141. The van der Waals surface area contributed by atoms with Gasteiger partial charge in [0.05, 0.1) is 6.07 Å². The van der Waals surface area contributed by atoms with Gasteiger partial charge >= 0.3 is 6.29 Å². The van der Waals surface area contributed by atoms with E-state index >= 15 is 0 Å². The molecule has 0 fully saturated rings. The third-order valence-corrected chi connectivity index (χ3v) is 0.639. The third-order valence-electron chi connectivity index (χ3n) is 0.639. The fraction of sp³-hybridized carbons (Fsp3) is 0. The van der Waals surface area contributed by atoms with Crippen LogP contribution in [0.2, 0.25) is 0 Å². The SMILES string of the molecule is O=[C+]c1ccoc1. The van der Waals surface area contributed by atoms with Gasteiger partial charge in [-0.25, -0.2) is 0 Å². The monoisotopic (exact) mass is 95.0 g/mol. The quantitative estimate of drug-likeness (QED) is 0.481. The van der Waals surface area contributed by atoms with Crippen LogP contribution in [0.1, 0.15) is 5.56 Å². The molecular weight excluding hydrogens is 92.1 g/mol. The maximum atomic E-state index is 9.68. The predicted molar refractivity (Wildman–Crippen MR) is 23.5 cm³/mol. The minimum Gasteiger partial charge on any atom is -0.398 e. The van der Waals surface area contributed by atoms with Crippen molar-refractivity contribution in [3.8, 4) is 0 Å². The highest BCUT2D eigenvalue weighted by Gasteiger charge is 1.99. The van der Waals surface area contributed by atoms with E-state index in [-0.39, 0.29) is 0 Å².